The molecule has 5 nitrogen and oxygen atoms in total. The average molecular weight is 264 g/mol. The number of aromatic nitrogens is 3. The van der Waals surface area contributed by atoms with Crippen LogP contribution in [0.15, 0.2) is 29.4 Å². The summed E-state index contributed by atoms with van der Waals surface area (Å²) < 4.78 is 7.41. The Morgan fingerprint density at radius 3 is 2.89 bits per heavy atom. The molecule has 0 fully saturated rings. The fourth-order valence-electron chi connectivity index (χ4n) is 1.45. The number of thioether (sulfide) groups is 1. The highest BCUT2D eigenvalue weighted by atomic mass is 32.2. The number of nitrogen functional groups attached to an aromatic ring is 1. The van der Waals surface area contributed by atoms with Crippen LogP contribution in [0.1, 0.15) is 5.56 Å². The third-order valence-electron chi connectivity index (χ3n) is 2.44. The monoisotopic (exact) mass is 264 g/mol. The molecule has 0 unspecified atom stereocenters. The average Bonchev–Trinajstić information content (AvgIpc) is 2.66. The van der Waals surface area contributed by atoms with Crippen LogP contribution < -0.4 is 10.5 Å². The van der Waals surface area contributed by atoms with Gasteiger partial charge in [0.1, 0.15) is 5.75 Å². The number of nitrogens with two attached hydrogens (primary N) is 1. The molecule has 0 aliphatic carbocycles. The van der Waals surface area contributed by atoms with Crippen LogP contribution in [-0.4, -0.2) is 27.1 Å². The van der Waals surface area contributed by atoms with Gasteiger partial charge in [0.15, 0.2) is 5.16 Å². The molecule has 2 aromatic rings. The highest BCUT2D eigenvalue weighted by Gasteiger charge is 2.05. The van der Waals surface area contributed by atoms with Gasteiger partial charge < -0.3 is 10.5 Å². The molecule has 1 aromatic carbocycles. The summed E-state index contributed by atoms with van der Waals surface area (Å²) in [4.78, 5) is 0. The molecule has 0 spiro atoms. The van der Waals surface area contributed by atoms with Crippen molar-refractivity contribution < 1.29 is 4.74 Å². The van der Waals surface area contributed by atoms with Gasteiger partial charge in [-0.15, -0.1) is 10.2 Å². The summed E-state index contributed by atoms with van der Waals surface area (Å²) in [6, 6.07) is 8.01. The Kier molecular flexibility index (Phi) is 4.09. The molecule has 0 aliphatic heterocycles. The molecule has 6 heteroatoms. The van der Waals surface area contributed by atoms with Crippen LogP contribution in [0.25, 0.3) is 0 Å². The van der Waals surface area contributed by atoms with Crippen molar-refractivity contribution in [2.24, 2.45) is 7.05 Å². The number of benzene rings is 1. The number of aryl methyl sites for hydroxylation is 1. The Morgan fingerprint density at radius 1 is 1.39 bits per heavy atom. The Balaban J connectivity index is 1.78. The first-order valence-corrected chi connectivity index (χ1v) is 6.62. The molecule has 0 bridgehead atoms. The van der Waals surface area contributed by atoms with Crippen molar-refractivity contribution in [1.82, 2.24) is 14.8 Å². The van der Waals surface area contributed by atoms with E-state index in [9.17, 15) is 0 Å². The van der Waals surface area contributed by atoms with Crippen LogP contribution in [0.3, 0.4) is 0 Å². The Morgan fingerprint density at radius 2 is 2.22 bits per heavy atom. The molecule has 96 valence electrons. The summed E-state index contributed by atoms with van der Waals surface area (Å²) >= 11 is 1.58. The van der Waals surface area contributed by atoms with Crippen molar-refractivity contribution in [2.45, 2.75) is 12.1 Å². The third kappa shape index (κ3) is 3.16. The second-order valence-corrected chi connectivity index (χ2v) is 4.98. The van der Waals surface area contributed by atoms with Crippen LogP contribution in [0, 0.1) is 6.92 Å². The third-order valence-corrected chi connectivity index (χ3v) is 3.43. The summed E-state index contributed by atoms with van der Waals surface area (Å²) in [5.41, 5.74) is 6.79. The standard InChI is InChI=1S/C12H16N4OS/c1-9-4-3-5-10(8-9)17-6-7-18-12-15-14-11(13)16(12)2/h3-5,8H,6-7H2,1-2H3,(H2,13,14). The van der Waals surface area contributed by atoms with E-state index in [1.807, 2.05) is 38.2 Å². The van der Waals surface area contributed by atoms with Crippen LogP contribution in [-0.2, 0) is 7.05 Å². The molecule has 2 rings (SSSR count). The second-order valence-electron chi connectivity index (χ2n) is 3.91. The van der Waals surface area contributed by atoms with Crippen LogP contribution in [0.2, 0.25) is 0 Å². The molecule has 0 atom stereocenters. The van der Waals surface area contributed by atoms with Crippen molar-refractivity contribution >= 4 is 17.7 Å². The summed E-state index contributed by atoms with van der Waals surface area (Å²) in [6.45, 7) is 2.67. The maximum Gasteiger partial charge on any atom is 0.222 e. The van der Waals surface area contributed by atoms with E-state index in [0.717, 1.165) is 16.7 Å². The van der Waals surface area contributed by atoms with Crippen LogP contribution in [0.5, 0.6) is 5.75 Å². The zero-order chi connectivity index (χ0) is 13.0. The van der Waals surface area contributed by atoms with E-state index in [2.05, 4.69) is 10.2 Å². The number of ether oxygens (including phenoxy) is 1. The molecule has 1 heterocycles. The highest BCUT2D eigenvalue weighted by Crippen LogP contribution is 2.17. The zero-order valence-corrected chi connectivity index (χ0v) is 11.3. The molecule has 0 saturated carbocycles. The fraction of sp³-hybridized carbons (Fsp3) is 0.333. The quantitative estimate of drug-likeness (QED) is 0.659. The van der Waals surface area contributed by atoms with Gasteiger partial charge in [0, 0.05) is 12.8 Å². The minimum Gasteiger partial charge on any atom is -0.493 e. The number of nitrogens with zero attached hydrogens (tertiary/aromatic N) is 3. The van der Waals surface area contributed by atoms with E-state index in [1.165, 1.54) is 5.56 Å². The van der Waals surface area contributed by atoms with Crippen LogP contribution >= 0.6 is 11.8 Å². The minimum absolute atomic E-state index is 0.428. The largest absolute Gasteiger partial charge is 0.493 e. The molecule has 0 aliphatic rings. The van der Waals surface area contributed by atoms with Crippen molar-refractivity contribution in [2.75, 3.05) is 18.1 Å². The predicted molar refractivity (Wildman–Crippen MR) is 72.8 cm³/mol. The second kappa shape index (κ2) is 5.77. The number of anilines is 1. The van der Waals surface area contributed by atoms with Gasteiger partial charge in [0.2, 0.25) is 5.95 Å². The van der Waals surface area contributed by atoms with Gasteiger partial charge in [-0.3, -0.25) is 4.57 Å². The van der Waals surface area contributed by atoms with Gasteiger partial charge in [0.25, 0.3) is 0 Å². The maximum absolute atomic E-state index is 5.65. The summed E-state index contributed by atoms with van der Waals surface area (Å²) in [7, 11) is 1.85. The Bertz CT molecular complexity index is 527. The molecule has 0 saturated heterocycles. The normalized spacial score (nSPS) is 10.6. The van der Waals surface area contributed by atoms with E-state index >= 15 is 0 Å². The van der Waals surface area contributed by atoms with E-state index in [0.29, 0.717) is 12.6 Å². The fourth-order valence-corrected chi connectivity index (χ4v) is 2.18. The first kappa shape index (κ1) is 12.8. The zero-order valence-electron chi connectivity index (χ0n) is 10.5. The Labute approximate surface area is 110 Å². The van der Waals surface area contributed by atoms with Crippen LogP contribution in [0.4, 0.5) is 5.95 Å². The first-order valence-electron chi connectivity index (χ1n) is 5.64. The molecule has 2 N–H and O–H groups in total. The predicted octanol–water partition coefficient (Wildman–Crippen LogP) is 1.88. The molecule has 0 amide bonds. The van der Waals surface area contributed by atoms with Gasteiger partial charge in [-0.05, 0) is 24.6 Å². The van der Waals surface area contributed by atoms with E-state index < -0.39 is 0 Å². The topological polar surface area (TPSA) is 66.0 Å². The first-order chi connectivity index (χ1) is 8.66. The van der Waals surface area contributed by atoms with Crippen molar-refractivity contribution in [1.29, 1.82) is 0 Å². The highest BCUT2D eigenvalue weighted by molar-refractivity contribution is 7.99. The number of hydrogen-bond acceptors (Lipinski definition) is 5. The van der Waals surface area contributed by atoms with Gasteiger partial charge in [0.05, 0.1) is 6.61 Å². The number of hydrogen-bond donors (Lipinski definition) is 1. The SMILES string of the molecule is Cc1cccc(OCCSc2nnc(N)n2C)c1. The molecule has 18 heavy (non-hydrogen) atoms. The minimum atomic E-state index is 0.428. The van der Waals surface area contributed by atoms with Gasteiger partial charge in [-0.25, -0.2) is 0 Å². The lowest BCUT2D eigenvalue weighted by Gasteiger charge is -2.06. The molecular weight excluding hydrogens is 248 g/mol. The molecular formula is C12H16N4OS. The van der Waals surface area contributed by atoms with Crippen molar-refractivity contribution in [3.63, 3.8) is 0 Å². The van der Waals surface area contributed by atoms with E-state index in [4.69, 9.17) is 10.5 Å². The number of rotatable bonds is 5. The van der Waals surface area contributed by atoms with Crippen molar-refractivity contribution in [3.05, 3.63) is 29.8 Å². The van der Waals surface area contributed by atoms with Crippen molar-refractivity contribution in [3.8, 4) is 5.75 Å². The van der Waals surface area contributed by atoms with E-state index in [-0.39, 0.29) is 0 Å². The summed E-state index contributed by atoms with van der Waals surface area (Å²) in [5, 5.41) is 8.57. The van der Waals surface area contributed by atoms with E-state index in [1.54, 1.807) is 16.3 Å². The lowest BCUT2D eigenvalue weighted by molar-refractivity contribution is 0.343. The Hall–Kier alpha value is -1.69. The van der Waals surface area contributed by atoms with Gasteiger partial charge >= 0.3 is 0 Å². The van der Waals surface area contributed by atoms with Gasteiger partial charge in [-0.2, -0.15) is 0 Å². The lowest BCUT2D eigenvalue weighted by atomic mass is 10.2. The van der Waals surface area contributed by atoms with Gasteiger partial charge in [-0.1, -0.05) is 23.9 Å². The summed E-state index contributed by atoms with van der Waals surface area (Å²) in [6.07, 6.45) is 0. The maximum atomic E-state index is 5.65. The molecule has 0 radical (unpaired) electrons. The molecule has 1 aromatic heterocycles. The summed E-state index contributed by atoms with van der Waals surface area (Å²) in [5.74, 6) is 2.13. The lowest BCUT2D eigenvalue weighted by Crippen LogP contribution is -2.02. The smallest absolute Gasteiger partial charge is 0.222 e.